The topological polar surface area (TPSA) is 55.7 Å². The molecule has 0 saturated heterocycles. The molecule has 0 bridgehead atoms. The number of nitrogens with one attached hydrogen (secondary N) is 1. The van der Waals surface area contributed by atoms with E-state index in [9.17, 15) is 0 Å². The van der Waals surface area contributed by atoms with Gasteiger partial charge in [-0.1, -0.05) is 23.2 Å². The van der Waals surface area contributed by atoms with Crippen LogP contribution in [-0.2, 0) is 0 Å². The van der Waals surface area contributed by atoms with Crippen LogP contribution in [0.25, 0.3) is 0 Å². The molecular weight excluding hydrogens is 325 g/mol. The van der Waals surface area contributed by atoms with Crippen LogP contribution in [0.2, 0.25) is 10.0 Å². The van der Waals surface area contributed by atoms with E-state index in [-0.39, 0.29) is 0 Å². The van der Waals surface area contributed by atoms with Crippen LogP contribution in [0.4, 0.5) is 5.82 Å². The van der Waals surface area contributed by atoms with Crippen LogP contribution >= 0.6 is 23.2 Å². The molecule has 1 aromatic heterocycles. The molecule has 0 unspecified atom stereocenters. The summed E-state index contributed by atoms with van der Waals surface area (Å²) in [5, 5.41) is 5.14. The molecule has 0 atom stereocenters. The summed E-state index contributed by atoms with van der Waals surface area (Å²) in [4.78, 5) is 4.08. The highest BCUT2D eigenvalue weighted by Gasteiger charge is 2.09. The van der Waals surface area contributed by atoms with Crippen molar-refractivity contribution in [2.75, 3.05) is 19.6 Å². The first kappa shape index (κ1) is 16.4. The molecule has 22 heavy (non-hydrogen) atoms. The van der Waals surface area contributed by atoms with Crippen molar-refractivity contribution in [3.8, 4) is 11.5 Å². The van der Waals surface area contributed by atoms with Crippen molar-refractivity contribution in [1.29, 1.82) is 0 Å². The van der Waals surface area contributed by atoms with E-state index in [1.165, 1.54) is 6.20 Å². The zero-order chi connectivity index (χ0) is 16.1. The van der Waals surface area contributed by atoms with Gasteiger partial charge in [-0.3, -0.25) is 5.43 Å². The van der Waals surface area contributed by atoms with E-state index in [1.54, 1.807) is 26.4 Å². The van der Waals surface area contributed by atoms with Crippen LogP contribution < -0.4 is 14.9 Å². The Balaban J connectivity index is 2.25. The Kier molecular flexibility index (Phi) is 5.46. The largest absolute Gasteiger partial charge is 0.497 e. The summed E-state index contributed by atoms with van der Waals surface area (Å²) in [5.41, 5.74) is 4.37. The van der Waals surface area contributed by atoms with Crippen LogP contribution in [0.3, 0.4) is 0 Å². The van der Waals surface area contributed by atoms with Gasteiger partial charge in [0.2, 0.25) is 0 Å². The highest BCUT2D eigenvalue weighted by molar-refractivity contribution is 6.35. The lowest BCUT2D eigenvalue weighted by Crippen LogP contribution is -2.03. The summed E-state index contributed by atoms with van der Waals surface area (Å²) >= 11 is 11.8. The zero-order valence-electron chi connectivity index (χ0n) is 12.4. The van der Waals surface area contributed by atoms with Crippen molar-refractivity contribution in [3.63, 3.8) is 0 Å². The molecule has 0 spiro atoms. The van der Waals surface area contributed by atoms with Gasteiger partial charge in [-0.15, -0.1) is 0 Å². The highest BCUT2D eigenvalue weighted by Crippen LogP contribution is 2.26. The molecule has 116 valence electrons. The second kappa shape index (κ2) is 7.33. The number of ether oxygens (including phenoxy) is 2. The minimum atomic E-state index is 0.394. The van der Waals surface area contributed by atoms with Crippen molar-refractivity contribution in [2.45, 2.75) is 6.92 Å². The Labute approximate surface area is 138 Å². The van der Waals surface area contributed by atoms with Crippen molar-refractivity contribution in [1.82, 2.24) is 4.98 Å². The number of hydrogen-bond donors (Lipinski definition) is 1. The maximum Gasteiger partial charge on any atom is 0.165 e. The SMILES string of the molecule is COc1ccc(C(C)=NNc2ncc(Cl)cc2Cl)c(OC)c1. The lowest BCUT2D eigenvalue weighted by Gasteiger charge is -2.10. The second-order valence-electron chi connectivity index (χ2n) is 4.36. The fraction of sp³-hybridized carbons (Fsp3) is 0.200. The van der Waals surface area contributed by atoms with Crippen molar-refractivity contribution in [3.05, 3.63) is 46.1 Å². The molecule has 5 nitrogen and oxygen atoms in total. The molecular formula is C15H15Cl2N3O2. The number of hydrogen-bond acceptors (Lipinski definition) is 5. The van der Waals surface area contributed by atoms with Crippen LogP contribution in [0, 0.1) is 0 Å². The van der Waals surface area contributed by atoms with Gasteiger partial charge in [0.25, 0.3) is 0 Å². The van der Waals surface area contributed by atoms with Crippen LogP contribution in [0.15, 0.2) is 35.6 Å². The smallest absolute Gasteiger partial charge is 0.165 e. The van der Waals surface area contributed by atoms with Gasteiger partial charge in [-0.05, 0) is 25.1 Å². The molecule has 0 radical (unpaired) electrons. The Morgan fingerprint density at radius 2 is 1.95 bits per heavy atom. The minimum absolute atomic E-state index is 0.394. The number of nitrogens with zero attached hydrogens (tertiary/aromatic N) is 2. The van der Waals surface area contributed by atoms with E-state index < -0.39 is 0 Å². The third kappa shape index (κ3) is 3.81. The van der Waals surface area contributed by atoms with E-state index in [2.05, 4.69) is 15.5 Å². The molecule has 1 heterocycles. The van der Waals surface area contributed by atoms with Crippen molar-refractivity contribution in [2.24, 2.45) is 5.10 Å². The number of aromatic nitrogens is 1. The van der Waals surface area contributed by atoms with E-state index in [1.807, 2.05) is 19.1 Å². The molecule has 0 amide bonds. The molecule has 0 aliphatic rings. The van der Waals surface area contributed by atoms with Gasteiger partial charge >= 0.3 is 0 Å². The molecule has 0 aliphatic carbocycles. The van der Waals surface area contributed by atoms with Gasteiger partial charge in [0.05, 0.1) is 30.0 Å². The highest BCUT2D eigenvalue weighted by atomic mass is 35.5. The molecule has 2 rings (SSSR count). The van der Waals surface area contributed by atoms with Gasteiger partial charge in [-0.2, -0.15) is 5.10 Å². The van der Waals surface area contributed by atoms with Gasteiger partial charge in [0.15, 0.2) is 5.82 Å². The molecule has 0 saturated carbocycles. The molecule has 1 aromatic carbocycles. The second-order valence-corrected chi connectivity index (χ2v) is 5.20. The fourth-order valence-corrected chi connectivity index (χ4v) is 2.21. The maximum atomic E-state index is 6.04. The summed E-state index contributed by atoms with van der Waals surface area (Å²) in [7, 11) is 3.20. The third-order valence-corrected chi connectivity index (χ3v) is 3.43. The predicted octanol–water partition coefficient (Wildman–Crippen LogP) is 4.24. The molecule has 1 N–H and O–H groups in total. The zero-order valence-corrected chi connectivity index (χ0v) is 13.9. The number of hydrazone groups is 1. The first-order chi connectivity index (χ1) is 10.5. The molecule has 0 aliphatic heterocycles. The van der Waals surface area contributed by atoms with E-state index >= 15 is 0 Å². The first-order valence-corrected chi connectivity index (χ1v) is 7.14. The van der Waals surface area contributed by atoms with Gasteiger partial charge < -0.3 is 9.47 Å². The summed E-state index contributed by atoms with van der Waals surface area (Å²) in [5.74, 6) is 1.80. The summed E-state index contributed by atoms with van der Waals surface area (Å²) in [6.45, 7) is 1.85. The van der Waals surface area contributed by atoms with Gasteiger partial charge in [0, 0.05) is 17.8 Å². The lowest BCUT2D eigenvalue weighted by molar-refractivity contribution is 0.394. The number of pyridine rings is 1. The third-order valence-electron chi connectivity index (χ3n) is 2.94. The predicted molar refractivity (Wildman–Crippen MR) is 89.6 cm³/mol. The van der Waals surface area contributed by atoms with Gasteiger partial charge in [-0.25, -0.2) is 4.98 Å². The minimum Gasteiger partial charge on any atom is -0.497 e. The van der Waals surface area contributed by atoms with Crippen molar-refractivity contribution < 1.29 is 9.47 Å². The Morgan fingerprint density at radius 1 is 1.18 bits per heavy atom. The first-order valence-electron chi connectivity index (χ1n) is 6.39. The summed E-state index contributed by atoms with van der Waals surface area (Å²) < 4.78 is 10.5. The Bertz CT molecular complexity index is 705. The molecule has 2 aromatic rings. The van der Waals surface area contributed by atoms with Crippen LogP contribution in [0.1, 0.15) is 12.5 Å². The van der Waals surface area contributed by atoms with Crippen LogP contribution in [-0.4, -0.2) is 24.9 Å². The molecule has 0 fully saturated rings. The Hall–Kier alpha value is -1.98. The maximum absolute atomic E-state index is 6.04. The van der Waals surface area contributed by atoms with Gasteiger partial charge in [0.1, 0.15) is 11.5 Å². The number of rotatable bonds is 5. The summed E-state index contributed by atoms with van der Waals surface area (Å²) in [6, 6.07) is 7.10. The van der Waals surface area contributed by atoms with E-state index in [0.29, 0.717) is 33.1 Å². The number of benzene rings is 1. The van der Waals surface area contributed by atoms with E-state index in [0.717, 1.165) is 5.56 Å². The quantitative estimate of drug-likeness (QED) is 0.653. The van der Waals surface area contributed by atoms with Crippen LogP contribution in [0.5, 0.6) is 11.5 Å². The monoisotopic (exact) mass is 339 g/mol. The normalized spacial score (nSPS) is 11.2. The number of methoxy groups -OCH3 is 2. The number of anilines is 1. The lowest BCUT2D eigenvalue weighted by atomic mass is 10.1. The average molecular weight is 340 g/mol. The van der Waals surface area contributed by atoms with Crippen molar-refractivity contribution >= 4 is 34.7 Å². The average Bonchev–Trinajstić information content (AvgIpc) is 2.53. The summed E-state index contributed by atoms with van der Waals surface area (Å²) in [6.07, 6.45) is 1.49. The number of halogens is 2. The standard InChI is InChI=1S/C15H15Cl2N3O2/c1-9(12-5-4-11(21-2)7-14(12)22-3)19-20-15-13(17)6-10(16)8-18-15/h4-8H,1-3H3,(H,18,20). The molecule has 7 heteroatoms. The fourth-order valence-electron chi connectivity index (χ4n) is 1.79. The Morgan fingerprint density at radius 3 is 2.59 bits per heavy atom. The van der Waals surface area contributed by atoms with E-state index in [4.69, 9.17) is 32.7 Å².